The van der Waals surface area contributed by atoms with Gasteiger partial charge in [0, 0.05) is 13.2 Å². The molecule has 0 saturated heterocycles. The molecule has 2 N–H and O–H groups in total. The van der Waals surface area contributed by atoms with Gasteiger partial charge in [-0.2, -0.15) is 0 Å². The van der Waals surface area contributed by atoms with Gasteiger partial charge in [0.25, 0.3) is 0 Å². The van der Waals surface area contributed by atoms with Crippen LogP contribution in [0.1, 0.15) is 27.7 Å². The Kier molecular flexibility index (Phi) is 14.0. The molecule has 0 bridgehead atoms. The van der Waals surface area contributed by atoms with E-state index in [2.05, 4.69) is 27.7 Å². The van der Waals surface area contributed by atoms with Gasteiger partial charge in [0.2, 0.25) is 0 Å². The third-order valence-electron chi connectivity index (χ3n) is 1.00. The number of hydrogen-bond acceptors (Lipinski definition) is 3. The molecule has 0 saturated carbocycles. The van der Waals surface area contributed by atoms with Crippen LogP contribution >= 0.6 is 0 Å². The first kappa shape index (κ1) is 15.4. The van der Waals surface area contributed by atoms with Crippen LogP contribution in [0.5, 0.6) is 0 Å². The standard InChI is InChI=1S/C8H18O.C2H6O2/c1-7(2)5-9-6-8(3)4;3-1-2-4/h7-8H,5-6H2,1-4H3;3-4H,1-2H2. The monoisotopic (exact) mass is 192 g/mol. The van der Waals surface area contributed by atoms with E-state index in [0.29, 0.717) is 11.8 Å². The summed E-state index contributed by atoms with van der Waals surface area (Å²) in [5, 5.41) is 15.2. The van der Waals surface area contributed by atoms with Crippen molar-refractivity contribution in [3.63, 3.8) is 0 Å². The minimum atomic E-state index is -0.125. The van der Waals surface area contributed by atoms with Gasteiger partial charge in [-0.1, -0.05) is 27.7 Å². The van der Waals surface area contributed by atoms with Crippen molar-refractivity contribution in [2.45, 2.75) is 27.7 Å². The Bertz CT molecular complexity index is 72.2. The molecule has 13 heavy (non-hydrogen) atoms. The molecule has 0 rings (SSSR count). The largest absolute Gasteiger partial charge is 0.394 e. The first-order valence-corrected chi connectivity index (χ1v) is 4.84. The first-order valence-electron chi connectivity index (χ1n) is 4.84. The second-order valence-corrected chi connectivity index (χ2v) is 3.77. The lowest BCUT2D eigenvalue weighted by Gasteiger charge is -2.07. The lowest BCUT2D eigenvalue weighted by atomic mass is 10.2. The Balaban J connectivity index is 0. The van der Waals surface area contributed by atoms with Gasteiger partial charge < -0.3 is 14.9 Å². The molecule has 0 aromatic rings. The summed E-state index contributed by atoms with van der Waals surface area (Å²) in [6, 6.07) is 0. The zero-order chi connectivity index (χ0) is 10.7. The average Bonchev–Trinajstić information content (AvgIpc) is 2.03. The highest BCUT2D eigenvalue weighted by molar-refractivity contribution is 4.42. The smallest absolute Gasteiger partial charge is 0.0662 e. The van der Waals surface area contributed by atoms with E-state index in [1.165, 1.54) is 0 Å². The summed E-state index contributed by atoms with van der Waals surface area (Å²) in [6.45, 7) is 10.2. The van der Waals surface area contributed by atoms with E-state index in [4.69, 9.17) is 14.9 Å². The Morgan fingerprint density at radius 2 is 1.15 bits per heavy atom. The molecular formula is C10H24O3. The number of ether oxygens (including phenoxy) is 1. The van der Waals surface area contributed by atoms with Crippen LogP contribution in [-0.2, 0) is 4.74 Å². The Morgan fingerprint density at radius 3 is 1.31 bits per heavy atom. The lowest BCUT2D eigenvalue weighted by Crippen LogP contribution is -2.06. The number of hydrogen-bond donors (Lipinski definition) is 2. The molecule has 0 amide bonds. The third kappa shape index (κ3) is 24.5. The average molecular weight is 192 g/mol. The predicted octanol–water partition coefficient (Wildman–Crippen LogP) is 1.29. The quantitative estimate of drug-likeness (QED) is 0.690. The minimum absolute atomic E-state index is 0.125. The molecule has 0 aliphatic heterocycles. The van der Waals surface area contributed by atoms with Gasteiger partial charge in [-0.25, -0.2) is 0 Å². The number of aliphatic hydroxyl groups excluding tert-OH is 2. The summed E-state index contributed by atoms with van der Waals surface area (Å²) < 4.78 is 5.36. The molecule has 0 atom stereocenters. The van der Waals surface area contributed by atoms with E-state index in [0.717, 1.165) is 13.2 Å². The maximum Gasteiger partial charge on any atom is 0.0662 e. The fourth-order valence-corrected chi connectivity index (χ4v) is 0.539. The fourth-order valence-electron chi connectivity index (χ4n) is 0.539. The van der Waals surface area contributed by atoms with Crippen LogP contribution in [0.3, 0.4) is 0 Å². The molecule has 0 fully saturated rings. The first-order chi connectivity index (χ1) is 6.04. The second kappa shape index (κ2) is 11.9. The highest BCUT2D eigenvalue weighted by Crippen LogP contribution is 1.96. The molecule has 0 aromatic heterocycles. The Hall–Kier alpha value is -0.120. The SMILES string of the molecule is CC(C)COCC(C)C.OCCO. The van der Waals surface area contributed by atoms with Crippen LogP contribution in [0, 0.1) is 11.8 Å². The fraction of sp³-hybridized carbons (Fsp3) is 1.00. The Morgan fingerprint density at radius 1 is 0.846 bits per heavy atom. The van der Waals surface area contributed by atoms with Crippen LogP contribution in [0.15, 0.2) is 0 Å². The van der Waals surface area contributed by atoms with E-state index < -0.39 is 0 Å². The molecule has 3 heteroatoms. The molecule has 0 heterocycles. The van der Waals surface area contributed by atoms with Crippen molar-refractivity contribution in [2.75, 3.05) is 26.4 Å². The molecule has 0 spiro atoms. The van der Waals surface area contributed by atoms with Crippen molar-refractivity contribution < 1.29 is 14.9 Å². The van der Waals surface area contributed by atoms with Gasteiger partial charge in [-0.05, 0) is 11.8 Å². The van der Waals surface area contributed by atoms with E-state index in [1.54, 1.807) is 0 Å². The maximum absolute atomic E-state index is 7.62. The highest BCUT2D eigenvalue weighted by atomic mass is 16.5. The van der Waals surface area contributed by atoms with Crippen molar-refractivity contribution >= 4 is 0 Å². The van der Waals surface area contributed by atoms with E-state index in [9.17, 15) is 0 Å². The van der Waals surface area contributed by atoms with Crippen molar-refractivity contribution in [3.05, 3.63) is 0 Å². The van der Waals surface area contributed by atoms with Crippen molar-refractivity contribution in [2.24, 2.45) is 11.8 Å². The summed E-state index contributed by atoms with van der Waals surface area (Å²) >= 11 is 0. The number of aliphatic hydroxyl groups is 2. The van der Waals surface area contributed by atoms with Crippen molar-refractivity contribution in [1.82, 2.24) is 0 Å². The molecule has 0 radical (unpaired) electrons. The summed E-state index contributed by atoms with van der Waals surface area (Å²) in [5.41, 5.74) is 0. The van der Waals surface area contributed by atoms with Crippen molar-refractivity contribution in [3.8, 4) is 0 Å². The predicted molar refractivity (Wildman–Crippen MR) is 54.7 cm³/mol. The molecule has 0 unspecified atom stereocenters. The van der Waals surface area contributed by atoms with Gasteiger partial charge in [0.05, 0.1) is 13.2 Å². The van der Waals surface area contributed by atoms with Gasteiger partial charge in [-0.3, -0.25) is 0 Å². The molecule has 0 aromatic carbocycles. The van der Waals surface area contributed by atoms with Gasteiger partial charge in [-0.15, -0.1) is 0 Å². The minimum Gasteiger partial charge on any atom is -0.394 e. The van der Waals surface area contributed by atoms with Crippen LogP contribution in [0.4, 0.5) is 0 Å². The molecule has 82 valence electrons. The van der Waals surface area contributed by atoms with E-state index >= 15 is 0 Å². The molecule has 0 aliphatic rings. The topological polar surface area (TPSA) is 49.7 Å². The summed E-state index contributed by atoms with van der Waals surface area (Å²) in [6.07, 6.45) is 0. The zero-order valence-corrected chi connectivity index (χ0v) is 9.29. The van der Waals surface area contributed by atoms with Crippen LogP contribution < -0.4 is 0 Å². The third-order valence-corrected chi connectivity index (χ3v) is 1.00. The van der Waals surface area contributed by atoms with Gasteiger partial charge >= 0.3 is 0 Å². The summed E-state index contributed by atoms with van der Waals surface area (Å²) in [7, 11) is 0. The van der Waals surface area contributed by atoms with E-state index in [1.807, 2.05) is 0 Å². The van der Waals surface area contributed by atoms with Gasteiger partial charge in [0.15, 0.2) is 0 Å². The molecule has 0 aliphatic carbocycles. The molecule has 3 nitrogen and oxygen atoms in total. The normalized spacial score (nSPS) is 10.2. The molecular weight excluding hydrogens is 168 g/mol. The Labute approximate surface area is 81.7 Å². The zero-order valence-electron chi connectivity index (χ0n) is 9.29. The highest BCUT2D eigenvalue weighted by Gasteiger charge is 1.95. The summed E-state index contributed by atoms with van der Waals surface area (Å²) in [4.78, 5) is 0. The maximum atomic E-state index is 7.62. The van der Waals surface area contributed by atoms with E-state index in [-0.39, 0.29) is 13.2 Å². The van der Waals surface area contributed by atoms with Crippen LogP contribution in [-0.4, -0.2) is 36.6 Å². The summed E-state index contributed by atoms with van der Waals surface area (Å²) in [5.74, 6) is 1.34. The van der Waals surface area contributed by atoms with Crippen LogP contribution in [0.2, 0.25) is 0 Å². The lowest BCUT2D eigenvalue weighted by molar-refractivity contribution is 0.0886. The second-order valence-electron chi connectivity index (χ2n) is 3.77. The van der Waals surface area contributed by atoms with Crippen LogP contribution in [0.25, 0.3) is 0 Å². The number of rotatable bonds is 5. The van der Waals surface area contributed by atoms with Gasteiger partial charge in [0.1, 0.15) is 0 Å². The van der Waals surface area contributed by atoms with Crippen molar-refractivity contribution in [1.29, 1.82) is 0 Å².